The molecule has 9 heteroatoms. The lowest BCUT2D eigenvalue weighted by Crippen LogP contribution is -2.37. The lowest BCUT2D eigenvalue weighted by Gasteiger charge is -2.12. The van der Waals surface area contributed by atoms with Crippen molar-refractivity contribution in [3.05, 3.63) is 81.2 Å². The lowest BCUT2D eigenvalue weighted by atomic mass is 10.2. The molecule has 1 aliphatic rings. The van der Waals surface area contributed by atoms with Crippen LogP contribution in [0.15, 0.2) is 64.9 Å². The van der Waals surface area contributed by atoms with E-state index in [1.54, 1.807) is 18.2 Å². The maximum absolute atomic E-state index is 12.5. The van der Waals surface area contributed by atoms with E-state index < -0.39 is 0 Å². The number of rotatable bonds is 7. The molecule has 1 aliphatic heterocycles. The van der Waals surface area contributed by atoms with Crippen molar-refractivity contribution in [3.63, 3.8) is 0 Å². The molecule has 3 aromatic rings. The average molecular weight is 484 g/mol. The van der Waals surface area contributed by atoms with Gasteiger partial charge in [-0.3, -0.25) is 19.3 Å². The molecule has 0 bridgehead atoms. The number of hydrogen-bond acceptors (Lipinski definition) is 6. The Morgan fingerprint density at radius 2 is 1.84 bits per heavy atom. The molecule has 1 fully saturated rings. The highest BCUT2D eigenvalue weighted by Crippen LogP contribution is 2.31. The highest BCUT2D eigenvalue weighted by molar-refractivity contribution is 8.18. The van der Waals surface area contributed by atoms with Gasteiger partial charge in [0.15, 0.2) is 0 Å². The summed E-state index contributed by atoms with van der Waals surface area (Å²) in [6.45, 7) is 0.305. The Bertz CT molecular complexity index is 1180. The molecule has 0 unspecified atom stereocenters. The molecule has 0 saturated carbocycles. The topological polar surface area (TPSA) is 79.4 Å². The highest BCUT2D eigenvalue weighted by atomic mass is 35.5. The second-order valence-electron chi connectivity index (χ2n) is 6.92. The van der Waals surface area contributed by atoms with Crippen LogP contribution in [0, 0.1) is 0 Å². The Labute approximate surface area is 198 Å². The van der Waals surface area contributed by atoms with Crippen molar-refractivity contribution >= 4 is 57.8 Å². The maximum atomic E-state index is 12.5. The monoisotopic (exact) mass is 483 g/mol. The van der Waals surface area contributed by atoms with E-state index in [9.17, 15) is 14.4 Å². The minimum absolute atomic E-state index is 0.121. The van der Waals surface area contributed by atoms with Crippen LogP contribution in [0.3, 0.4) is 0 Å². The first-order valence-electron chi connectivity index (χ1n) is 9.77. The fourth-order valence-corrected chi connectivity index (χ4v) is 4.86. The number of imide groups is 1. The van der Waals surface area contributed by atoms with Gasteiger partial charge in [-0.15, -0.1) is 11.3 Å². The largest absolute Gasteiger partial charge is 0.354 e. The van der Waals surface area contributed by atoms with E-state index in [1.807, 2.05) is 47.8 Å². The van der Waals surface area contributed by atoms with E-state index in [0.29, 0.717) is 15.6 Å². The van der Waals surface area contributed by atoms with Crippen molar-refractivity contribution in [2.45, 2.75) is 6.42 Å². The van der Waals surface area contributed by atoms with Crippen molar-refractivity contribution in [1.82, 2.24) is 15.2 Å². The van der Waals surface area contributed by atoms with E-state index >= 15 is 0 Å². The van der Waals surface area contributed by atoms with Crippen molar-refractivity contribution in [3.8, 4) is 10.6 Å². The Morgan fingerprint density at radius 1 is 1.09 bits per heavy atom. The molecule has 2 aromatic carbocycles. The molecule has 0 spiro atoms. The minimum Gasteiger partial charge on any atom is -0.354 e. The quantitative estimate of drug-likeness (QED) is 0.485. The Kier molecular flexibility index (Phi) is 7.04. The summed E-state index contributed by atoms with van der Waals surface area (Å²) in [4.78, 5) is 43.0. The SMILES string of the molecule is O=C(Cc1csc(-c2ccc(Cl)cc2)n1)NCCN1C(=O)S/C(=C\c2ccccc2)C1=O. The first kappa shape index (κ1) is 22.3. The molecule has 1 saturated heterocycles. The number of benzene rings is 2. The smallest absolute Gasteiger partial charge is 0.293 e. The number of hydrogen-bond donors (Lipinski definition) is 1. The molecule has 1 N–H and O–H groups in total. The van der Waals surface area contributed by atoms with E-state index in [0.717, 1.165) is 32.8 Å². The third-order valence-corrected chi connectivity index (χ3v) is 6.71. The van der Waals surface area contributed by atoms with Crippen molar-refractivity contribution in [2.24, 2.45) is 0 Å². The summed E-state index contributed by atoms with van der Waals surface area (Å²) < 4.78 is 0. The second-order valence-corrected chi connectivity index (χ2v) is 9.21. The maximum Gasteiger partial charge on any atom is 0.293 e. The van der Waals surface area contributed by atoms with Gasteiger partial charge in [-0.1, -0.05) is 54.1 Å². The number of carbonyl (C=O) groups excluding carboxylic acids is 3. The molecule has 162 valence electrons. The van der Waals surface area contributed by atoms with Crippen LogP contribution in [-0.2, 0) is 16.0 Å². The number of nitrogens with one attached hydrogen (secondary N) is 1. The summed E-state index contributed by atoms with van der Waals surface area (Å²) in [5.74, 6) is -0.560. The van der Waals surface area contributed by atoms with Gasteiger partial charge < -0.3 is 5.32 Å². The van der Waals surface area contributed by atoms with Gasteiger partial charge in [0.05, 0.1) is 17.0 Å². The number of nitrogens with zero attached hydrogens (tertiary/aromatic N) is 2. The third kappa shape index (κ3) is 5.45. The van der Waals surface area contributed by atoms with Gasteiger partial charge in [-0.2, -0.15) is 0 Å². The molecule has 2 heterocycles. The van der Waals surface area contributed by atoms with Gasteiger partial charge in [-0.25, -0.2) is 4.98 Å². The van der Waals surface area contributed by atoms with Gasteiger partial charge in [0.25, 0.3) is 11.1 Å². The summed E-state index contributed by atoms with van der Waals surface area (Å²) in [7, 11) is 0. The molecule has 3 amide bonds. The van der Waals surface area contributed by atoms with Crippen LogP contribution in [0.4, 0.5) is 4.79 Å². The lowest BCUT2D eigenvalue weighted by molar-refractivity contribution is -0.124. The first-order valence-corrected chi connectivity index (χ1v) is 11.8. The zero-order valence-corrected chi connectivity index (χ0v) is 19.2. The van der Waals surface area contributed by atoms with Gasteiger partial charge in [0.2, 0.25) is 5.91 Å². The summed E-state index contributed by atoms with van der Waals surface area (Å²) in [6.07, 6.45) is 1.82. The van der Waals surface area contributed by atoms with E-state index in [-0.39, 0.29) is 36.6 Å². The molecule has 0 atom stereocenters. The number of amides is 3. The number of carbonyl (C=O) groups is 3. The average Bonchev–Trinajstić information content (AvgIpc) is 3.35. The minimum atomic E-state index is -0.342. The Balaban J connectivity index is 1.28. The fourth-order valence-electron chi connectivity index (χ4n) is 3.04. The molecule has 0 radical (unpaired) electrons. The van der Waals surface area contributed by atoms with Crippen molar-refractivity contribution in [2.75, 3.05) is 13.1 Å². The predicted octanol–water partition coefficient (Wildman–Crippen LogP) is 4.86. The predicted molar refractivity (Wildman–Crippen MR) is 128 cm³/mol. The molecule has 4 rings (SSSR count). The molecule has 0 aliphatic carbocycles. The van der Waals surface area contributed by atoms with Crippen LogP contribution in [-0.4, -0.2) is 40.0 Å². The summed E-state index contributed by atoms with van der Waals surface area (Å²) in [5, 5.41) is 5.73. The second kappa shape index (κ2) is 10.1. The molecule has 1 aromatic heterocycles. The third-order valence-electron chi connectivity index (χ3n) is 4.61. The van der Waals surface area contributed by atoms with Crippen molar-refractivity contribution in [1.29, 1.82) is 0 Å². The van der Waals surface area contributed by atoms with Crippen LogP contribution in [0.5, 0.6) is 0 Å². The van der Waals surface area contributed by atoms with E-state index in [2.05, 4.69) is 10.3 Å². The zero-order valence-electron chi connectivity index (χ0n) is 16.8. The van der Waals surface area contributed by atoms with E-state index in [4.69, 9.17) is 11.6 Å². The Morgan fingerprint density at radius 3 is 2.59 bits per heavy atom. The molecule has 32 heavy (non-hydrogen) atoms. The normalized spacial score (nSPS) is 14.9. The first-order chi connectivity index (χ1) is 15.5. The Hall–Kier alpha value is -2.94. The van der Waals surface area contributed by atoms with E-state index in [1.165, 1.54) is 11.3 Å². The van der Waals surface area contributed by atoms with Crippen LogP contribution < -0.4 is 5.32 Å². The fraction of sp³-hybridized carbons (Fsp3) is 0.130. The molecule has 6 nitrogen and oxygen atoms in total. The molecular formula is C23H18ClN3O3S2. The van der Waals surface area contributed by atoms with Crippen LogP contribution in [0.1, 0.15) is 11.3 Å². The number of thiazole rings is 1. The highest BCUT2D eigenvalue weighted by Gasteiger charge is 2.34. The summed E-state index contributed by atoms with van der Waals surface area (Å²) in [6, 6.07) is 16.7. The standard InChI is InChI=1S/C23H18ClN3O3S2/c24-17-8-6-16(7-9-17)21-26-18(14-31-21)13-20(28)25-10-11-27-22(29)19(32-23(27)30)12-15-4-2-1-3-5-15/h1-9,12,14H,10-11,13H2,(H,25,28)/b19-12-. The zero-order chi connectivity index (χ0) is 22.5. The van der Waals surface area contributed by atoms with Crippen molar-refractivity contribution < 1.29 is 14.4 Å². The van der Waals surface area contributed by atoms with Crippen LogP contribution in [0.25, 0.3) is 16.6 Å². The molecular weight excluding hydrogens is 466 g/mol. The number of thioether (sulfide) groups is 1. The van der Waals surface area contributed by atoms with Gasteiger partial charge in [0.1, 0.15) is 5.01 Å². The van der Waals surface area contributed by atoms with Crippen LogP contribution in [0.2, 0.25) is 5.02 Å². The summed E-state index contributed by atoms with van der Waals surface area (Å²) in [5.41, 5.74) is 2.45. The van der Waals surface area contributed by atoms with Gasteiger partial charge in [-0.05, 0) is 35.5 Å². The number of halogens is 1. The number of aromatic nitrogens is 1. The van der Waals surface area contributed by atoms with Gasteiger partial charge >= 0.3 is 0 Å². The van der Waals surface area contributed by atoms with Gasteiger partial charge in [0, 0.05) is 29.1 Å². The summed E-state index contributed by atoms with van der Waals surface area (Å²) >= 11 is 8.28. The van der Waals surface area contributed by atoms with Crippen LogP contribution >= 0.6 is 34.7 Å².